The molecule has 0 radical (unpaired) electrons. The van der Waals surface area contributed by atoms with E-state index in [4.69, 9.17) is 18.5 Å². The number of carbonyl (C=O) groups is 2. The first-order valence-electron chi connectivity index (χ1n) is 33.7. The van der Waals surface area contributed by atoms with Crippen LogP contribution in [0.4, 0.5) is 0 Å². The van der Waals surface area contributed by atoms with Crippen molar-refractivity contribution < 1.29 is 42.1 Å². The molecule has 0 saturated carbocycles. The van der Waals surface area contributed by atoms with E-state index in [9.17, 15) is 19.0 Å². The number of ether oxygens (including phenoxy) is 2. The molecule has 0 aliphatic carbocycles. The molecule has 0 saturated heterocycles. The minimum atomic E-state index is -4.39. The third kappa shape index (κ3) is 64.6. The SMILES string of the molecule is CC/C=C\C/C=C\C/C=C\C/C=C\CCCCCCCCCCCCCCCCCCCCCCCCCCCCCCC(=O)OC(COC(=O)CCCCCCC/C=C\C/C=C\CCCCC)COP(=O)(O)OCC[N+](C)(C)C. The number of allylic oxidation sites excluding steroid dienone is 12. The molecule has 2 unspecified atom stereocenters. The van der Waals surface area contributed by atoms with Crippen LogP contribution < -0.4 is 0 Å². The van der Waals surface area contributed by atoms with Crippen LogP contribution in [-0.2, 0) is 32.7 Å². The van der Waals surface area contributed by atoms with E-state index in [1.807, 2.05) is 21.1 Å². The normalized spacial score (nSPS) is 13.6. The Morgan fingerprint density at radius 2 is 0.713 bits per heavy atom. The molecule has 10 heteroatoms. The van der Waals surface area contributed by atoms with Gasteiger partial charge in [-0.25, -0.2) is 4.57 Å². The summed E-state index contributed by atoms with van der Waals surface area (Å²) in [6, 6.07) is 0. The molecular weight excluding hydrogens is 1010 g/mol. The summed E-state index contributed by atoms with van der Waals surface area (Å²) in [5, 5.41) is 0. The number of unbranched alkanes of at least 4 members (excludes halogenated alkanes) is 36. The zero-order valence-electron chi connectivity index (χ0n) is 53.1. The lowest BCUT2D eigenvalue weighted by molar-refractivity contribution is -0.870. The third-order valence-corrected chi connectivity index (χ3v) is 15.7. The first-order chi connectivity index (χ1) is 39.0. The first kappa shape index (κ1) is 77.5. The van der Waals surface area contributed by atoms with Crippen LogP contribution in [0.1, 0.15) is 309 Å². The summed E-state index contributed by atoms with van der Waals surface area (Å²) in [6.45, 7) is 4.31. The zero-order valence-corrected chi connectivity index (χ0v) is 54.0. The van der Waals surface area contributed by atoms with E-state index in [1.54, 1.807) is 0 Å². The summed E-state index contributed by atoms with van der Waals surface area (Å²) >= 11 is 0. The van der Waals surface area contributed by atoms with Gasteiger partial charge < -0.3 is 18.9 Å². The predicted octanol–water partition coefficient (Wildman–Crippen LogP) is 21.6. The minimum Gasteiger partial charge on any atom is -0.462 e. The van der Waals surface area contributed by atoms with Gasteiger partial charge in [0.25, 0.3) is 0 Å². The van der Waals surface area contributed by atoms with Crippen molar-refractivity contribution in [1.29, 1.82) is 0 Å². The van der Waals surface area contributed by atoms with Gasteiger partial charge >= 0.3 is 19.8 Å². The monoisotopic (exact) mass is 1140 g/mol. The fourth-order valence-corrected chi connectivity index (χ4v) is 10.3. The predicted molar refractivity (Wildman–Crippen MR) is 344 cm³/mol. The van der Waals surface area contributed by atoms with Crippen molar-refractivity contribution in [3.63, 3.8) is 0 Å². The van der Waals surface area contributed by atoms with E-state index < -0.39 is 26.5 Å². The van der Waals surface area contributed by atoms with Gasteiger partial charge in [0.1, 0.15) is 19.8 Å². The van der Waals surface area contributed by atoms with Crippen LogP contribution in [0.15, 0.2) is 72.9 Å². The van der Waals surface area contributed by atoms with Crippen LogP contribution in [0.2, 0.25) is 0 Å². The molecule has 0 aromatic rings. The number of phosphoric acid groups is 1. The smallest absolute Gasteiger partial charge is 0.462 e. The van der Waals surface area contributed by atoms with Crippen molar-refractivity contribution >= 4 is 19.8 Å². The average molecular weight is 1140 g/mol. The Morgan fingerprint density at radius 3 is 1.06 bits per heavy atom. The van der Waals surface area contributed by atoms with Gasteiger partial charge in [-0.1, -0.05) is 286 Å². The number of carbonyl (C=O) groups excluding carboxylic acids is 2. The molecule has 466 valence electrons. The van der Waals surface area contributed by atoms with Crippen molar-refractivity contribution in [2.75, 3.05) is 47.5 Å². The van der Waals surface area contributed by atoms with Gasteiger partial charge in [0.05, 0.1) is 27.7 Å². The fraction of sp³-hybridized carbons (Fsp3) is 0.800. The van der Waals surface area contributed by atoms with Crippen LogP contribution in [0, 0.1) is 0 Å². The molecule has 0 heterocycles. The van der Waals surface area contributed by atoms with E-state index >= 15 is 0 Å². The quantitative estimate of drug-likeness (QED) is 0.0211. The molecule has 0 aromatic carbocycles. The highest BCUT2D eigenvalue weighted by molar-refractivity contribution is 7.47. The Balaban J connectivity index is 3.87. The lowest BCUT2D eigenvalue weighted by Crippen LogP contribution is -2.37. The van der Waals surface area contributed by atoms with Crippen molar-refractivity contribution in [1.82, 2.24) is 0 Å². The summed E-state index contributed by atoms with van der Waals surface area (Å²) in [6.07, 6.45) is 81.7. The second-order valence-corrected chi connectivity index (χ2v) is 25.3. The van der Waals surface area contributed by atoms with Crippen molar-refractivity contribution in [3.8, 4) is 0 Å². The molecule has 0 fully saturated rings. The molecule has 0 bridgehead atoms. The van der Waals surface area contributed by atoms with Gasteiger partial charge in [0.15, 0.2) is 6.10 Å². The molecule has 0 aliphatic heterocycles. The zero-order chi connectivity index (χ0) is 58.4. The van der Waals surface area contributed by atoms with E-state index in [2.05, 4.69) is 86.8 Å². The van der Waals surface area contributed by atoms with E-state index in [0.717, 1.165) is 83.5 Å². The first-order valence-corrected chi connectivity index (χ1v) is 35.2. The number of rotatable bonds is 62. The molecule has 0 rings (SSSR count). The molecule has 0 aromatic heterocycles. The molecular formula is C70H129NO8P+. The largest absolute Gasteiger partial charge is 0.472 e. The number of nitrogens with zero attached hydrogens (tertiary/aromatic N) is 1. The Bertz CT molecular complexity index is 1580. The number of hydrogen-bond acceptors (Lipinski definition) is 7. The van der Waals surface area contributed by atoms with E-state index in [-0.39, 0.29) is 32.0 Å². The number of quaternary nitrogens is 1. The molecule has 1 N–H and O–H groups in total. The second kappa shape index (κ2) is 61.0. The number of esters is 2. The molecule has 9 nitrogen and oxygen atoms in total. The topological polar surface area (TPSA) is 108 Å². The average Bonchev–Trinajstić information content (AvgIpc) is 3.42. The number of likely N-dealkylation sites (N-methyl/N-ethyl adjacent to an activating group) is 1. The Labute approximate surface area is 495 Å². The highest BCUT2D eigenvalue weighted by Crippen LogP contribution is 2.43. The molecule has 2 atom stereocenters. The Kier molecular flexibility index (Phi) is 59.1. The summed E-state index contributed by atoms with van der Waals surface area (Å²) in [7, 11) is 1.48. The second-order valence-electron chi connectivity index (χ2n) is 23.8. The maximum atomic E-state index is 12.8. The van der Waals surface area contributed by atoms with Crippen molar-refractivity contribution in [2.45, 2.75) is 315 Å². The minimum absolute atomic E-state index is 0.0297. The van der Waals surface area contributed by atoms with Gasteiger partial charge in [-0.2, -0.15) is 0 Å². The summed E-state index contributed by atoms with van der Waals surface area (Å²) in [5.74, 6) is -0.802. The molecule has 0 aliphatic rings. The Morgan fingerprint density at radius 1 is 0.400 bits per heavy atom. The van der Waals surface area contributed by atoms with Crippen molar-refractivity contribution in [2.24, 2.45) is 0 Å². The summed E-state index contributed by atoms with van der Waals surface area (Å²) < 4.78 is 34.6. The van der Waals surface area contributed by atoms with Gasteiger partial charge in [-0.3, -0.25) is 18.6 Å². The standard InChI is InChI=1S/C70H128NO8P/c1-6-8-10-12-14-16-18-20-22-23-24-25-26-27-28-29-30-31-32-33-34-35-36-37-38-39-40-41-42-43-44-45-46-47-49-51-53-55-57-59-61-63-70(73)79-68(67-78-80(74,75)77-65-64-71(3,4)5)66-76-69(72)62-60-58-56-54-52-50-48-21-19-17-15-13-11-9-7-2/h8,10,14-17,20-22,24-25,48,68H,6-7,9,11-13,18-19,23,26-47,49-67H2,1-5H3/p+1/b10-8-,16-14-,17-15-,22-20-,25-24-,48-21-. The number of hydrogen-bond donors (Lipinski definition) is 1. The van der Waals surface area contributed by atoms with Crippen LogP contribution in [0.5, 0.6) is 0 Å². The summed E-state index contributed by atoms with van der Waals surface area (Å²) in [5.41, 5.74) is 0. The third-order valence-electron chi connectivity index (χ3n) is 14.7. The van der Waals surface area contributed by atoms with E-state index in [1.165, 1.54) is 193 Å². The van der Waals surface area contributed by atoms with Crippen molar-refractivity contribution in [3.05, 3.63) is 72.9 Å². The maximum absolute atomic E-state index is 12.8. The van der Waals surface area contributed by atoms with Gasteiger partial charge in [-0.05, 0) is 83.5 Å². The highest BCUT2D eigenvalue weighted by Gasteiger charge is 2.27. The van der Waals surface area contributed by atoms with Crippen LogP contribution in [0.3, 0.4) is 0 Å². The molecule has 80 heavy (non-hydrogen) atoms. The van der Waals surface area contributed by atoms with E-state index in [0.29, 0.717) is 17.4 Å². The lowest BCUT2D eigenvalue weighted by Gasteiger charge is -2.24. The molecule has 0 spiro atoms. The maximum Gasteiger partial charge on any atom is 0.472 e. The van der Waals surface area contributed by atoms with Gasteiger partial charge in [-0.15, -0.1) is 0 Å². The number of phosphoric ester groups is 1. The fourth-order valence-electron chi connectivity index (χ4n) is 9.57. The molecule has 0 amide bonds. The lowest BCUT2D eigenvalue weighted by atomic mass is 10.0. The van der Waals surface area contributed by atoms with Gasteiger partial charge in [0, 0.05) is 12.8 Å². The van der Waals surface area contributed by atoms with Crippen LogP contribution in [0.25, 0.3) is 0 Å². The van der Waals surface area contributed by atoms with Gasteiger partial charge in [0.2, 0.25) is 0 Å². The van der Waals surface area contributed by atoms with Crippen LogP contribution in [-0.4, -0.2) is 74.9 Å². The highest BCUT2D eigenvalue weighted by atomic mass is 31.2. The Hall–Kier alpha value is -2.55. The summed E-state index contributed by atoms with van der Waals surface area (Å²) in [4.78, 5) is 35.7. The van der Waals surface area contributed by atoms with Crippen LogP contribution >= 0.6 is 7.82 Å².